The second kappa shape index (κ2) is 6.35. The average Bonchev–Trinajstić information content (AvgIpc) is 3.08. The summed E-state index contributed by atoms with van der Waals surface area (Å²) in [6.07, 6.45) is 10.9. The molecule has 0 bridgehead atoms. The van der Waals surface area contributed by atoms with Gasteiger partial charge < -0.3 is 14.6 Å². The van der Waals surface area contributed by atoms with Gasteiger partial charge in [0.15, 0.2) is 0 Å². The van der Waals surface area contributed by atoms with E-state index < -0.39 is 0 Å². The van der Waals surface area contributed by atoms with Crippen LogP contribution in [0.4, 0.5) is 0 Å². The van der Waals surface area contributed by atoms with Crippen LogP contribution in [0.1, 0.15) is 30.1 Å². The molecule has 1 atom stereocenters. The fourth-order valence-corrected chi connectivity index (χ4v) is 3.30. The standard InChI is InChI=1S/C19H19N3O2/c23-19(15-7-11-24-17-6-2-1-4-14(17)12-15)22-10-3-5-16(13-22)18-20-8-9-21-18/h1-2,4,6-9,11-12,16H,3,5,10,13H2,(H,20,21)/t16-/m1/s1. The molecule has 2 aromatic rings. The fraction of sp³-hybridized carbons (Fsp3) is 0.263. The molecule has 1 amide bonds. The summed E-state index contributed by atoms with van der Waals surface area (Å²) in [5.74, 6) is 2.05. The molecule has 24 heavy (non-hydrogen) atoms. The summed E-state index contributed by atoms with van der Waals surface area (Å²) in [5.41, 5.74) is 1.57. The van der Waals surface area contributed by atoms with E-state index >= 15 is 0 Å². The summed E-state index contributed by atoms with van der Waals surface area (Å²) >= 11 is 0. The molecule has 3 heterocycles. The molecule has 2 aliphatic rings. The number of aromatic amines is 1. The first kappa shape index (κ1) is 14.8. The maximum absolute atomic E-state index is 13.0. The minimum Gasteiger partial charge on any atom is -0.464 e. The first-order valence-corrected chi connectivity index (χ1v) is 8.24. The molecule has 122 valence electrons. The summed E-state index contributed by atoms with van der Waals surface area (Å²) in [6, 6.07) is 7.72. The second-order valence-corrected chi connectivity index (χ2v) is 6.12. The monoisotopic (exact) mass is 321 g/mol. The second-order valence-electron chi connectivity index (χ2n) is 6.12. The minimum absolute atomic E-state index is 0.0443. The minimum atomic E-state index is 0.0443. The summed E-state index contributed by atoms with van der Waals surface area (Å²) in [7, 11) is 0. The van der Waals surface area contributed by atoms with Crippen LogP contribution in [0, 0.1) is 0 Å². The van der Waals surface area contributed by atoms with E-state index in [0.717, 1.165) is 36.5 Å². The smallest absolute Gasteiger partial charge is 0.254 e. The van der Waals surface area contributed by atoms with E-state index in [1.54, 1.807) is 18.5 Å². The third-order valence-corrected chi connectivity index (χ3v) is 4.53. The van der Waals surface area contributed by atoms with Gasteiger partial charge >= 0.3 is 0 Å². The van der Waals surface area contributed by atoms with Crippen LogP contribution in [0.25, 0.3) is 6.08 Å². The van der Waals surface area contributed by atoms with Gasteiger partial charge in [-0.2, -0.15) is 0 Å². The Hall–Kier alpha value is -2.82. The van der Waals surface area contributed by atoms with Gasteiger partial charge in [0, 0.05) is 42.5 Å². The predicted molar refractivity (Wildman–Crippen MR) is 91.3 cm³/mol. The normalized spacial score (nSPS) is 19.9. The van der Waals surface area contributed by atoms with Gasteiger partial charge in [-0.1, -0.05) is 18.2 Å². The molecular formula is C19H19N3O2. The van der Waals surface area contributed by atoms with Gasteiger partial charge in [-0.25, -0.2) is 4.98 Å². The number of imidazole rings is 1. The van der Waals surface area contributed by atoms with Crippen molar-refractivity contribution in [2.75, 3.05) is 13.1 Å². The summed E-state index contributed by atoms with van der Waals surface area (Å²) in [4.78, 5) is 22.4. The number of nitrogens with one attached hydrogen (secondary N) is 1. The van der Waals surface area contributed by atoms with Crippen LogP contribution in [0.3, 0.4) is 0 Å². The van der Waals surface area contributed by atoms with Gasteiger partial charge in [-0.3, -0.25) is 4.79 Å². The zero-order chi connectivity index (χ0) is 16.4. The van der Waals surface area contributed by atoms with Crippen LogP contribution < -0.4 is 4.74 Å². The van der Waals surface area contributed by atoms with Crippen LogP contribution in [0.15, 0.2) is 54.6 Å². The largest absolute Gasteiger partial charge is 0.464 e. The lowest BCUT2D eigenvalue weighted by Gasteiger charge is -2.32. The van der Waals surface area contributed by atoms with Crippen molar-refractivity contribution in [3.63, 3.8) is 0 Å². The quantitative estimate of drug-likeness (QED) is 0.924. The SMILES string of the molecule is O=C(C1=Cc2ccccc2OC=C1)N1CCC[C@@H](c2ncc[nH]2)C1. The molecule has 0 saturated carbocycles. The van der Waals surface area contributed by atoms with Crippen molar-refractivity contribution in [1.29, 1.82) is 0 Å². The average molecular weight is 321 g/mol. The number of benzene rings is 1. The van der Waals surface area contributed by atoms with E-state index in [0.29, 0.717) is 12.1 Å². The Balaban J connectivity index is 1.56. The molecule has 1 aromatic carbocycles. The Kier molecular flexibility index (Phi) is 3.91. The third-order valence-electron chi connectivity index (χ3n) is 4.53. The number of carbonyl (C=O) groups is 1. The maximum Gasteiger partial charge on any atom is 0.254 e. The molecule has 5 nitrogen and oxygen atoms in total. The summed E-state index contributed by atoms with van der Waals surface area (Å²) < 4.78 is 5.58. The number of amides is 1. The zero-order valence-corrected chi connectivity index (χ0v) is 13.3. The van der Waals surface area contributed by atoms with Gasteiger partial charge in [0.05, 0.1) is 6.26 Å². The number of piperidine rings is 1. The number of rotatable bonds is 2. The molecule has 0 unspecified atom stereocenters. The number of hydrogen-bond acceptors (Lipinski definition) is 3. The predicted octanol–water partition coefficient (Wildman–Crippen LogP) is 3.11. The number of para-hydroxylation sites is 1. The Morgan fingerprint density at radius 2 is 2.25 bits per heavy atom. The van der Waals surface area contributed by atoms with Gasteiger partial charge in [0.1, 0.15) is 11.6 Å². The van der Waals surface area contributed by atoms with Crippen molar-refractivity contribution in [2.24, 2.45) is 0 Å². The number of hydrogen-bond donors (Lipinski definition) is 1. The van der Waals surface area contributed by atoms with Crippen molar-refractivity contribution in [2.45, 2.75) is 18.8 Å². The number of nitrogens with zero attached hydrogens (tertiary/aromatic N) is 2. The molecule has 0 radical (unpaired) electrons. The number of carbonyl (C=O) groups excluding carboxylic acids is 1. The van der Waals surface area contributed by atoms with E-state index in [4.69, 9.17) is 4.74 Å². The topological polar surface area (TPSA) is 58.2 Å². The lowest BCUT2D eigenvalue weighted by molar-refractivity contribution is -0.127. The molecule has 0 aliphatic carbocycles. The van der Waals surface area contributed by atoms with Gasteiger partial charge in [-0.05, 0) is 31.1 Å². The van der Waals surface area contributed by atoms with Crippen molar-refractivity contribution in [3.05, 3.63) is 66.0 Å². The molecule has 1 N–H and O–H groups in total. The number of fused-ring (bicyclic) bond motifs is 1. The summed E-state index contributed by atoms with van der Waals surface area (Å²) in [5, 5.41) is 0. The van der Waals surface area contributed by atoms with E-state index in [9.17, 15) is 4.79 Å². The molecule has 1 saturated heterocycles. The van der Waals surface area contributed by atoms with Crippen LogP contribution in [-0.2, 0) is 4.79 Å². The van der Waals surface area contributed by atoms with Crippen molar-refractivity contribution in [3.8, 4) is 5.75 Å². The van der Waals surface area contributed by atoms with E-state index in [1.807, 2.05) is 41.4 Å². The first-order chi connectivity index (χ1) is 11.8. The fourth-order valence-electron chi connectivity index (χ4n) is 3.30. The molecular weight excluding hydrogens is 302 g/mol. The Labute approximate surface area is 140 Å². The number of likely N-dealkylation sites (tertiary alicyclic amines) is 1. The van der Waals surface area contributed by atoms with Crippen LogP contribution >= 0.6 is 0 Å². The lowest BCUT2D eigenvalue weighted by atomic mass is 9.96. The Bertz CT molecular complexity index is 793. The first-order valence-electron chi connectivity index (χ1n) is 8.24. The Morgan fingerprint density at radius 3 is 3.12 bits per heavy atom. The van der Waals surface area contributed by atoms with Gasteiger partial charge in [0.2, 0.25) is 0 Å². The summed E-state index contributed by atoms with van der Waals surface area (Å²) in [6.45, 7) is 1.48. The number of aromatic nitrogens is 2. The van der Waals surface area contributed by atoms with Crippen LogP contribution in [-0.4, -0.2) is 33.9 Å². The zero-order valence-electron chi connectivity index (χ0n) is 13.3. The van der Waals surface area contributed by atoms with Crippen molar-refractivity contribution < 1.29 is 9.53 Å². The molecule has 1 fully saturated rings. The highest BCUT2D eigenvalue weighted by Gasteiger charge is 2.27. The molecule has 0 spiro atoms. The van der Waals surface area contributed by atoms with E-state index in [-0.39, 0.29) is 11.8 Å². The van der Waals surface area contributed by atoms with Crippen molar-refractivity contribution in [1.82, 2.24) is 14.9 Å². The molecule has 1 aromatic heterocycles. The van der Waals surface area contributed by atoms with Crippen LogP contribution in [0.2, 0.25) is 0 Å². The van der Waals surface area contributed by atoms with E-state index in [2.05, 4.69) is 9.97 Å². The molecule has 5 heteroatoms. The van der Waals surface area contributed by atoms with Gasteiger partial charge in [-0.15, -0.1) is 0 Å². The number of ether oxygens (including phenoxy) is 1. The number of H-pyrrole nitrogens is 1. The molecule has 4 rings (SSSR count). The lowest BCUT2D eigenvalue weighted by Crippen LogP contribution is -2.39. The maximum atomic E-state index is 13.0. The van der Waals surface area contributed by atoms with Crippen LogP contribution in [0.5, 0.6) is 5.75 Å². The van der Waals surface area contributed by atoms with E-state index in [1.165, 1.54) is 0 Å². The van der Waals surface area contributed by atoms with Gasteiger partial charge in [0.25, 0.3) is 5.91 Å². The van der Waals surface area contributed by atoms with Crippen molar-refractivity contribution >= 4 is 12.0 Å². The highest BCUT2D eigenvalue weighted by molar-refractivity contribution is 6.01. The third kappa shape index (κ3) is 2.85. The highest BCUT2D eigenvalue weighted by Crippen LogP contribution is 2.28. The highest BCUT2D eigenvalue weighted by atomic mass is 16.5. The molecule has 2 aliphatic heterocycles. The Morgan fingerprint density at radius 1 is 1.33 bits per heavy atom.